The SMILES string of the molecule is O=C(O)Cn1cc(CNC(=O)C(F)(F)F)nn1. The topological polar surface area (TPSA) is 97.1 Å². The number of hydrogen-bond acceptors (Lipinski definition) is 4. The fourth-order valence-corrected chi connectivity index (χ4v) is 0.906. The van der Waals surface area contributed by atoms with Crippen LogP contribution in [-0.2, 0) is 22.7 Å². The number of carbonyl (C=O) groups excluding carboxylic acids is 1. The number of carbonyl (C=O) groups is 2. The van der Waals surface area contributed by atoms with E-state index in [9.17, 15) is 22.8 Å². The Balaban J connectivity index is 2.50. The van der Waals surface area contributed by atoms with Gasteiger partial charge in [-0.05, 0) is 0 Å². The molecule has 1 aromatic heterocycles. The molecule has 0 atom stereocenters. The van der Waals surface area contributed by atoms with Gasteiger partial charge in [0.1, 0.15) is 12.2 Å². The fourth-order valence-electron chi connectivity index (χ4n) is 0.906. The number of hydrogen-bond donors (Lipinski definition) is 2. The van der Waals surface area contributed by atoms with Crippen LogP contribution in [0, 0.1) is 0 Å². The summed E-state index contributed by atoms with van der Waals surface area (Å²) in [5.74, 6) is -3.26. The average Bonchev–Trinajstić information content (AvgIpc) is 2.59. The number of nitrogens with zero attached hydrogens (tertiary/aromatic N) is 3. The highest BCUT2D eigenvalue weighted by Gasteiger charge is 2.38. The van der Waals surface area contributed by atoms with E-state index in [0.717, 1.165) is 10.9 Å². The number of carboxylic acid groups (broad SMARTS) is 1. The molecule has 1 rings (SSSR count). The first-order valence-electron chi connectivity index (χ1n) is 4.25. The number of amides is 1. The van der Waals surface area contributed by atoms with Crippen LogP contribution in [0.1, 0.15) is 5.69 Å². The van der Waals surface area contributed by atoms with Gasteiger partial charge in [0, 0.05) is 0 Å². The van der Waals surface area contributed by atoms with Crippen molar-refractivity contribution in [1.82, 2.24) is 20.3 Å². The summed E-state index contributed by atoms with van der Waals surface area (Å²) in [4.78, 5) is 20.7. The van der Waals surface area contributed by atoms with Crippen LogP contribution < -0.4 is 5.32 Å². The fraction of sp³-hybridized carbons (Fsp3) is 0.429. The second-order valence-electron chi connectivity index (χ2n) is 2.98. The molecule has 94 valence electrons. The van der Waals surface area contributed by atoms with Crippen molar-refractivity contribution in [1.29, 1.82) is 0 Å². The van der Waals surface area contributed by atoms with E-state index in [2.05, 4.69) is 10.3 Å². The third-order valence-electron chi connectivity index (χ3n) is 1.57. The zero-order valence-corrected chi connectivity index (χ0v) is 8.23. The number of aromatic nitrogens is 3. The smallest absolute Gasteiger partial charge is 0.471 e. The van der Waals surface area contributed by atoms with Crippen LogP contribution >= 0.6 is 0 Å². The number of halogens is 3. The van der Waals surface area contributed by atoms with Crippen LogP contribution in [0.5, 0.6) is 0 Å². The highest BCUT2D eigenvalue weighted by atomic mass is 19.4. The summed E-state index contributed by atoms with van der Waals surface area (Å²) in [5, 5.41) is 16.7. The zero-order valence-electron chi connectivity index (χ0n) is 8.23. The molecule has 0 radical (unpaired) electrons. The van der Waals surface area contributed by atoms with Gasteiger partial charge in [0.15, 0.2) is 0 Å². The number of aliphatic carboxylic acids is 1. The lowest BCUT2D eigenvalue weighted by Gasteiger charge is -2.05. The van der Waals surface area contributed by atoms with E-state index < -0.39 is 31.1 Å². The predicted molar refractivity (Wildman–Crippen MR) is 45.6 cm³/mol. The Kier molecular flexibility index (Phi) is 3.66. The van der Waals surface area contributed by atoms with Gasteiger partial charge in [0.2, 0.25) is 0 Å². The largest absolute Gasteiger partial charge is 0.480 e. The summed E-state index contributed by atoms with van der Waals surface area (Å²) in [6.45, 7) is -0.932. The summed E-state index contributed by atoms with van der Waals surface area (Å²) in [6, 6.07) is 0. The van der Waals surface area contributed by atoms with Gasteiger partial charge in [-0.15, -0.1) is 5.10 Å². The van der Waals surface area contributed by atoms with E-state index in [4.69, 9.17) is 5.11 Å². The van der Waals surface area contributed by atoms with Crippen LogP contribution in [-0.4, -0.2) is 38.2 Å². The first-order valence-corrected chi connectivity index (χ1v) is 4.25. The Labute approximate surface area is 92.2 Å². The lowest BCUT2D eigenvalue weighted by atomic mass is 10.4. The molecule has 17 heavy (non-hydrogen) atoms. The molecular weight excluding hydrogens is 245 g/mol. The first-order chi connectivity index (χ1) is 7.79. The summed E-state index contributed by atoms with van der Waals surface area (Å²) in [5.41, 5.74) is 0.0313. The van der Waals surface area contributed by atoms with E-state index in [1.807, 2.05) is 0 Å². The molecule has 10 heteroatoms. The van der Waals surface area contributed by atoms with Crippen LogP contribution in [0.25, 0.3) is 0 Å². The standard InChI is InChI=1S/C7H7F3N4O3/c8-7(9,10)6(17)11-1-4-2-14(13-12-4)3-5(15)16/h2H,1,3H2,(H,11,17)(H,15,16). The highest BCUT2D eigenvalue weighted by Crippen LogP contribution is 2.14. The van der Waals surface area contributed by atoms with E-state index in [0.29, 0.717) is 0 Å². The molecule has 0 bridgehead atoms. The first kappa shape index (κ1) is 12.9. The molecule has 1 aromatic rings. The van der Waals surface area contributed by atoms with Gasteiger partial charge in [0.25, 0.3) is 0 Å². The van der Waals surface area contributed by atoms with Crippen molar-refractivity contribution < 1.29 is 27.9 Å². The van der Waals surface area contributed by atoms with E-state index >= 15 is 0 Å². The van der Waals surface area contributed by atoms with Gasteiger partial charge < -0.3 is 10.4 Å². The molecule has 0 saturated carbocycles. The Hall–Kier alpha value is -2.13. The minimum absolute atomic E-state index is 0.0313. The summed E-state index contributed by atoms with van der Waals surface area (Å²) >= 11 is 0. The van der Waals surface area contributed by atoms with E-state index in [-0.39, 0.29) is 5.69 Å². The van der Waals surface area contributed by atoms with Crippen molar-refractivity contribution in [2.45, 2.75) is 19.3 Å². The predicted octanol–water partition coefficient (Wildman–Crippen LogP) is -0.459. The minimum atomic E-state index is -4.96. The molecule has 0 aliphatic carbocycles. The van der Waals surface area contributed by atoms with Crippen LogP contribution in [0.3, 0.4) is 0 Å². The average molecular weight is 252 g/mol. The second kappa shape index (κ2) is 4.80. The Morgan fingerprint density at radius 2 is 2.12 bits per heavy atom. The van der Waals surface area contributed by atoms with Crippen LogP contribution in [0.4, 0.5) is 13.2 Å². The molecule has 0 spiro atoms. The molecule has 0 aromatic carbocycles. The van der Waals surface area contributed by atoms with E-state index in [1.54, 1.807) is 5.32 Å². The lowest BCUT2D eigenvalue weighted by molar-refractivity contribution is -0.173. The Bertz CT molecular complexity index is 428. The lowest BCUT2D eigenvalue weighted by Crippen LogP contribution is -2.36. The summed E-state index contributed by atoms with van der Waals surface area (Å²) in [7, 11) is 0. The van der Waals surface area contributed by atoms with Gasteiger partial charge >= 0.3 is 18.1 Å². The monoisotopic (exact) mass is 252 g/mol. The minimum Gasteiger partial charge on any atom is -0.480 e. The maximum absolute atomic E-state index is 11.8. The molecule has 0 aliphatic rings. The van der Waals surface area contributed by atoms with Gasteiger partial charge in [-0.1, -0.05) is 5.21 Å². The van der Waals surface area contributed by atoms with Crippen molar-refractivity contribution in [2.75, 3.05) is 0 Å². The third kappa shape index (κ3) is 4.09. The Morgan fingerprint density at radius 1 is 1.47 bits per heavy atom. The molecular formula is C7H7F3N4O3. The molecule has 7 nitrogen and oxygen atoms in total. The molecule has 2 N–H and O–H groups in total. The summed E-state index contributed by atoms with van der Waals surface area (Å²) in [6.07, 6.45) is -3.83. The number of carboxylic acids is 1. The number of rotatable bonds is 4. The summed E-state index contributed by atoms with van der Waals surface area (Å²) < 4.78 is 36.3. The normalized spacial score (nSPS) is 11.2. The van der Waals surface area contributed by atoms with Gasteiger partial charge in [-0.25, -0.2) is 4.68 Å². The van der Waals surface area contributed by atoms with Crippen molar-refractivity contribution in [3.05, 3.63) is 11.9 Å². The quantitative estimate of drug-likeness (QED) is 0.755. The van der Waals surface area contributed by atoms with Crippen molar-refractivity contribution in [3.63, 3.8) is 0 Å². The molecule has 0 saturated heterocycles. The van der Waals surface area contributed by atoms with Crippen molar-refractivity contribution in [2.24, 2.45) is 0 Å². The van der Waals surface area contributed by atoms with Crippen LogP contribution in [0.2, 0.25) is 0 Å². The van der Waals surface area contributed by atoms with Gasteiger partial charge in [-0.2, -0.15) is 13.2 Å². The number of alkyl halides is 3. The molecule has 1 heterocycles. The molecule has 0 unspecified atom stereocenters. The maximum Gasteiger partial charge on any atom is 0.471 e. The highest BCUT2D eigenvalue weighted by molar-refractivity contribution is 5.81. The van der Waals surface area contributed by atoms with Gasteiger partial charge in [-0.3, -0.25) is 9.59 Å². The van der Waals surface area contributed by atoms with Crippen molar-refractivity contribution >= 4 is 11.9 Å². The van der Waals surface area contributed by atoms with Crippen molar-refractivity contribution in [3.8, 4) is 0 Å². The third-order valence-corrected chi connectivity index (χ3v) is 1.57. The van der Waals surface area contributed by atoms with Crippen LogP contribution in [0.15, 0.2) is 6.20 Å². The maximum atomic E-state index is 11.8. The van der Waals surface area contributed by atoms with E-state index in [1.165, 1.54) is 0 Å². The Morgan fingerprint density at radius 3 is 2.65 bits per heavy atom. The molecule has 0 fully saturated rings. The molecule has 0 aliphatic heterocycles. The number of nitrogens with one attached hydrogen (secondary N) is 1. The van der Waals surface area contributed by atoms with Gasteiger partial charge in [0.05, 0.1) is 12.7 Å². The molecule has 1 amide bonds. The second-order valence-corrected chi connectivity index (χ2v) is 2.98. The zero-order chi connectivity index (χ0) is 13.1.